The highest BCUT2D eigenvalue weighted by molar-refractivity contribution is 7.92. The van der Waals surface area contributed by atoms with Crippen molar-refractivity contribution in [3.63, 3.8) is 0 Å². The number of carbonyl (C=O) groups is 1. The average molecular weight is 449 g/mol. The van der Waals surface area contributed by atoms with Crippen molar-refractivity contribution in [1.82, 2.24) is 5.32 Å². The van der Waals surface area contributed by atoms with Crippen LogP contribution in [0.4, 0.5) is 10.1 Å². The molecule has 1 saturated carbocycles. The largest absolute Gasteiger partial charge is 0.378 e. The molecule has 6 nitrogen and oxygen atoms in total. The van der Waals surface area contributed by atoms with Crippen LogP contribution in [0, 0.1) is 5.82 Å². The molecule has 168 valence electrons. The molecule has 31 heavy (non-hydrogen) atoms. The van der Waals surface area contributed by atoms with Crippen molar-refractivity contribution < 1.29 is 22.3 Å². The molecule has 8 heteroatoms. The van der Waals surface area contributed by atoms with Crippen molar-refractivity contribution in [2.45, 2.75) is 49.5 Å². The van der Waals surface area contributed by atoms with Gasteiger partial charge >= 0.3 is 0 Å². The minimum atomic E-state index is -3.99. The summed E-state index contributed by atoms with van der Waals surface area (Å²) in [5, 5.41) is 2.76. The first-order valence-corrected chi connectivity index (χ1v) is 12.1. The molecule has 1 amide bonds. The van der Waals surface area contributed by atoms with Gasteiger partial charge in [0.2, 0.25) is 5.91 Å². The Morgan fingerprint density at radius 2 is 1.71 bits per heavy atom. The summed E-state index contributed by atoms with van der Waals surface area (Å²) in [4.78, 5) is 12.6. The maximum absolute atomic E-state index is 13.3. The molecule has 3 rings (SSSR count). The van der Waals surface area contributed by atoms with Crippen molar-refractivity contribution >= 4 is 21.6 Å². The molecule has 0 unspecified atom stereocenters. The van der Waals surface area contributed by atoms with E-state index in [1.54, 1.807) is 18.2 Å². The number of amides is 1. The molecule has 0 aliphatic heterocycles. The third-order valence-electron chi connectivity index (χ3n) is 5.28. The Kier molecular flexibility index (Phi) is 8.43. The van der Waals surface area contributed by atoms with Crippen LogP contribution in [-0.4, -0.2) is 40.1 Å². The van der Waals surface area contributed by atoms with E-state index in [0.29, 0.717) is 25.7 Å². The monoisotopic (exact) mass is 448 g/mol. The summed E-state index contributed by atoms with van der Waals surface area (Å²) >= 11 is 0. The number of halogens is 1. The van der Waals surface area contributed by atoms with Crippen LogP contribution in [0.2, 0.25) is 0 Å². The quantitative estimate of drug-likeness (QED) is 0.560. The maximum Gasteiger partial charge on any atom is 0.264 e. The highest BCUT2D eigenvalue weighted by Gasteiger charge is 2.27. The van der Waals surface area contributed by atoms with Crippen LogP contribution >= 0.6 is 0 Å². The van der Waals surface area contributed by atoms with Crippen LogP contribution < -0.4 is 9.62 Å². The lowest BCUT2D eigenvalue weighted by Gasteiger charge is -2.24. The van der Waals surface area contributed by atoms with Crippen molar-refractivity contribution in [1.29, 1.82) is 0 Å². The number of sulfonamides is 1. The molecule has 1 aliphatic carbocycles. The molecule has 0 aromatic heterocycles. The number of carbonyl (C=O) groups excluding carboxylic acids is 1. The number of nitrogens with one attached hydrogen (secondary N) is 1. The molecule has 1 N–H and O–H groups in total. The number of rotatable bonds is 10. The van der Waals surface area contributed by atoms with Crippen LogP contribution in [-0.2, 0) is 19.6 Å². The summed E-state index contributed by atoms with van der Waals surface area (Å²) in [6.07, 6.45) is 6.84. The van der Waals surface area contributed by atoms with Crippen LogP contribution in [0.3, 0.4) is 0 Å². The van der Waals surface area contributed by atoms with Crippen LogP contribution in [0.15, 0.2) is 59.5 Å². The molecule has 1 fully saturated rings. The second-order valence-electron chi connectivity index (χ2n) is 7.64. The molecule has 1 aliphatic rings. The van der Waals surface area contributed by atoms with Gasteiger partial charge in [0.1, 0.15) is 12.4 Å². The Morgan fingerprint density at radius 1 is 1.03 bits per heavy atom. The molecule has 0 radical (unpaired) electrons. The fourth-order valence-electron chi connectivity index (χ4n) is 3.61. The van der Waals surface area contributed by atoms with Gasteiger partial charge in [0, 0.05) is 13.2 Å². The van der Waals surface area contributed by atoms with Gasteiger partial charge in [0.15, 0.2) is 0 Å². The molecule has 0 spiro atoms. The van der Waals surface area contributed by atoms with E-state index in [1.807, 2.05) is 0 Å². The summed E-state index contributed by atoms with van der Waals surface area (Å²) in [5.74, 6) is -0.912. The van der Waals surface area contributed by atoms with Gasteiger partial charge in [0.05, 0.1) is 16.7 Å². The standard InChI is InChI=1S/C23H29FN2O4S/c24-19-12-14-20(15-13-19)26(31(28,29)22-10-5-2-6-11-22)18-23(27)25-16-7-17-30-21-8-3-1-4-9-21/h2,5-6,10-15,21H,1,3-4,7-9,16-18H2,(H,25,27). The number of nitrogens with zero attached hydrogens (tertiary/aromatic N) is 1. The van der Waals surface area contributed by atoms with Gasteiger partial charge in [-0.25, -0.2) is 12.8 Å². The van der Waals surface area contributed by atoms with Crippen LogP contribution in [0.5, 0.6) is 0 Å². The van der Waals surface area contributed by atoms with E-state index in [-0.39, 0.29) is 10.6 Å². The number of hydrogen-bond donors (Lipinski definition) is 1. The molecule has 0 bridgehead atoms. The maximum atomic E-state index is 13.3. The first-order valence-electron chi connectivity index (χ1n) is 10.7. The van der Waals surface area contributed by atoms with Gasteiger partial charge in [-0.15, -0.1) is 0 Å². The van der Waals surface area contributed by atoms with Crippen molar-refractivity contribution in [2.75, 3.05) is 24.0 Å². The van der Waals surface area contributed by atoms with Gasteiger partial charge in [-0.3, -0.25) is 9.10 Å². The number of hydrogen-bond acceptors (Lipinski definition) is 4. The molecular formula is C23H29FN2O4S. The van der Waals surface area contributed by atoms with E-state index in [4.69, 9.17) is 4.74 Å². The van der Waals surface area contributed by atoms with Gasteiger partial charge in [0.25, 0.3) is 10.0 Å². The second kappa shape index (κ2) is 11.2. The topological polar surface area (TPSA) is 75.7 Å². The lowest BCUT2D eigenvalue weighted by Crippen LogP contribution is -2.41. The third-order valence-corrected chi connectivity index (χ3v) is 7.07. The molecule has 0 saturated heterocycles. The number of anilines is 1. The second-order valence-corrected chi connectivity index (χ2v) is 9.50. The minimum Gasteiger partial charge on any atom is -0.378 e. The summed E-state index contributed by atoms with van der Waals surface area (Å²) in [6, 6.07) is 12.9. The van der Waals surface area contributed by atoms with Crippen LogP contribution in [0.1, 0.15) is 38.5 Å². The van der Waals surface area contributed by atoms with Gasteiger partial charge in [-0.2, -0.15) is 0 Å². The first kappa shape index (κ1) is 23.2. The predicted molar refractivity (Wildman–Crippen MR) is 118 cm³/mol. The van der Waals surface area contributed by atoms with Gasteiger partial charge in [-0.1, -0.05) is 37.5 Å². The molecule has 2 aromatic rings. The van der Waals surface area contributed by atoms with E-state index in [1.165, 1.54) is 55.7 Å². The number of ether oxygens (including phenoxy) is 1. The van der Waals surface area contributed by atoms with Crippen molar-refractivity contribution in [2.24, 2.45) is 0 Å². The Balaban J connectivity index is 1.59. The van der Waals surface area contributed by atoms with E-state index in [9.17, 15) is 17.6 Å². The summed E-state index contributed by atoms with van der Waals surface area (Å²) in [6.45, 7) is 0.565. The van der Waals surface area contributed by atoms with E-state index in [0.717, 1.165) is 17.1 Å². The van der Waals surface area contributed by atoms with Crippen molar-refractivity contribution in [3.8, 4) is 0 Å². The zero-order valence-electron chi connectivity index (χ0n) is 17.5. The zero-order valence-corrected chi connectivity index (χ0v) is 18.3. The molecule has 2 aromatic carbocycles. The summed E-state index contributed by atoms with van der Waals surface area (Å²) in [5.41, 5.74) is 0.223. The zero-order chi connectivity index (χ0) is 22.1. The Morgan fingerprint density at radius 3 is 2.39 bits per heavy atom. The summed E-state index contributed by atoms with van der Waals surface area (Å²) < 4.78 is 46.5. The average Bonchev–Trinajstić information content (AvgIpc) is 2.79. The van der Waals surface area contributed by atoms with Gasteiger partial charge < -0.3 is 10.1 Å². The first-order chi connectivity index (χ1) is 15.0. The predicted octanol–water partition coefficient (Wildman–Crippen LogP) is 3.88. The summed E-state index contributed by atoms with van der Waals surface area (Å²) in [7, 11) is -3.99. The highest BCUT2D eigenvalue weighted by atomic mass is 32.2. The Bertz CT molecular complexity index is 930. The minimum absolute atomic E-state index is 0.0630. The molecular weight excluding hydrogens is 419 g/mol. The fraction of sp³-hybridized carbons (Fsp3) is 0.435. The smallest absolute Gasteiger partial charge is 0.264 e. The lowest BCUT2D eigenvalue weighted by molar-refractivity contribution is -0.119. The number of benzene rings is 2. The van der Waals surface area contributed by atoms with Gasteiger partial charge in [-0.05, 0) is 55.7 Å². The fourth-order valence-corrected chi connectivity index (χ4v) is 5.05. The molecule has 0 heterocycles. The third kappa shape index (κ3) is 6.77. The Hall–Kier alpha value is -2.45. The van der Waals surface area contributed by atoms with Crippen LogP contribution in [0.25, 0.3) is 0 Å². The lowest BCUT2D eigenvalue weighted by atomic mass is 9.98. The highest BCUT2D eigenvalue weighted by Crippen LogP contribution is 2.24. The van der Waals surface area contributed by atoms with E-state index >= 15 is 0 Å². The van der Waals surface area contributed by atoms with Crippen molar-refractivity contribution in [3.05, 3.63) is 60.4 Å². The normalized spacial score (nSPS) is 14.9. The Labute approximate surface area is 183 Å². The molecule has 0 atom stereocenters. The van der Waals surface area contributed by atoms with E-state index in [2.05, 4.69) is 5.32 Å². The SMILES string of the molecule is O=C(CN(c1ccc(F)cc1)S(=O)(=O)c1ccccc1)NCCCOC1CCCCC1. The van der Waals surface area contributed by atoms with E-state index < -0.39 is 28.3 Å².